The third kappa shape index (κ3) is 3.13. The van der Waals surface area contributed by atoms with E-state index in [1.807, 2.05) is 4.98 Å². The van der Waals surface area contributed by atoms with E-state index < -0.39 is 29.2 Å². The first-order valence-corrected chi connectivity index (χ1v) is 5.09. The molecule has 96 valence electrons. The van der Waals surface area contributed by atoms with Gasteiger partial charge in [0.2, 0.25) is 5.56 Å². The lowest BCUT2D eigenvalue weighted by molar-refractivity contribution is -0.142. The first-order chi connectivity index (χ1) is 8.49. The summed E-state index contributed by atoms with van der Waals surface area (Å²) in [6.45, 7) is 1.72. The van der Waals surface area contributed by atoms with Crippen LogP contribution in [0.3, 0.4) is 0 Å². The Morgan fingerprint density at radius 1 is 1.61 bits per heavy atom. The summed E-state index contributed by atoms with van der Waals surface area (Å²) in [7, 11) is 0. The number of ether oxygens (including phenoxy) is 1. The monoisotopic (exact) mass is 256 g/mol. The SMILES string of the molecule is CCOC(=O)Cc1cc(=O)[nH]c(C(F)F)c1C#N. The normalized spacial score (nSPS) is 10.2. The Labute approximate surface area is 101 Å². The fourth-order valence-corrected chi connectivity index (χ4v) is 1.44. The van der Waals surface area contributed by atoms with Gasteiger partial charge in [-0.05, 0) is 12.5 Å². The number of esters is 1. The Balaban J connectivity index is 3.23. The van der Waals surface area contributed by atoms with Gasteiger partial charge in [0.25, 0.3) is 6.43 Å². The van der Waals surface area contributed by atoms with E-state index in [4.69, 9.17) is 5.26 Å². The molecular weight excluding hydrogens is 246 g/mol. The molecule has 5 nitrogen and oxygen atoms in total. The highest BCUT2D eigenvalue weighted by atomic mass is 19.3. The number of pyridine rings is 1. The first kappa shape index (κ1) is 13.8. The van der Waals surface area contributed by atoms with Crippen molar-refractivity contribution >= 4 is 5.97 Å². The summed E-state index contributed by atoms with van der Waals surface area (Å²) in [4.78, 5) is 24.3. The number of carbonyl (C=O) groups excluding carboxylic acids is 1. The van der Waals surface area contributed by atoms with E-state index in [0.717, 1.165) is 6.07 Å². The summed E-state index contributed by atoms with van der Waals surface area (Å²) in [6.07, 6.45) is -3.38. The van der Waals surface area contributed by atoms with Crippen molar-refractivity contribution in [1.82, 2.24) is 4.98 Å². The minimum absolute atomic E-state index is 0.0602. The van der Waals surface area contributed by atoms with Crippen LogP contribution in [0.1, 0.15) is 30.2 Å². The van der Waals surface area contributed by atoms with Gasteiger partial charge in [-0.3, -0.25) is 9.59 Å². The van der Waals surface area contributed by atoms with E-state index in [0.29, 0.717) is 0 Å². The number of nitrogens with one attached hydrogen (secondary N) is 1. The highest BCUT2D eigenvalue weighted by Gasteiger charge is 2.19. The molecular formula is C11H10F2N2O3. The van der Waals surface area contributed by atoms with Crippen molar-refractivity contribution in [3.8, 4) is 6.07 Å². The summed E-state index contributed by atoms with van der Waals surface area (Å²) < 4.78 is 29.9. The topological polar surface area (TPSA) is 83.0 Å². The molecule has 0 aliphatic rings. The van der Waals surface area contributed by atoms with Crippen molar-refractivity contribution < 1.29 is 18.3 Å². The van der Waals surface area contributed by atoms with Crippen LogP contribution < -0.4 is 5.56 Å². The first-order valence-electron chi connectivity index (χ1n) is 5.09. The van der Waals surface area contributed by atoms with E-state index in [9.17, 15) is 18.4 Å². The highest BCUT2D eigenvalue weighted by Crippen LogP contribution is 2.21. The second-order valence-corrected chi connectivity index (χ2v) is 3.34. The minimum atomic E-state index is -2.99. The van der Waals surface area contributed by atoms with Gasteiger partial charge in [-0.2, -0.15) is 5.26 Å². The fraction of sp³-hybridized carbons (Fsp3) is 0.364. The van der Waals surface area contributed by atoms with Crippen molar-refractivity contribution in [2.24, 2.45) is 0 Å². The molecule has 1 rings (SSSR count). The maximum absolute atomic E-state index is 12.6. The molecule has 0 fully saturated rings. The predicted molar refractivity (Wildman–Crippen MR) is 57.1 cm³/mol. The molecule has 0 aliphatic carbocycles. The molecule has 18 heavy (non-hydrogen) atoms. The van der Waals surface area contributed by atoms with Crippen molar-refractivity contribution in [2.75, 3.05) is 6.61 Å². The molecule has 0 aromatic carbocycles. The van der Waals surface area contributed by atoms with Crippen LogP contribution in [0, 0.1) is 11.3 Å². The number of nitriles is 1. The van der Waals surface area contributed by atoms with E-state index in [2.05, 4.69) is 4.74 Å². The largest absolute Gasteiger partial charge is 0.466 e. The molecule has 7 heteroatoms. The van der Waals surface area contributed by atoms with E-state index >= 15 is 0 Å². The summed E-state index contributed by atoms with van der Waals surface area (Å²) in [5.41, 5.74) is -2.01. The quantitative estimate of drug-likeness (QED) is 0.823. The summed E-state index contributed by atoms with van der Waals surface area (Å²) in [5, 5.41) is 8.82. The van der Waals surface area contributed by atoms with Gasteiger partial charge in [0.1, 0.15) is 11.8 Å². The zero-order valence-electron chi connectivity index (χ0n) is 9.50. The Hall–Kier alpha value is -2.23. The number of rotatable bonds is 4. The molecule has 0 radical (unpaired) electrons. The molecule has 0 saturated heterocycles. The predicted octanol–water partition coefficient (Wildman–Crippen LogP) is 1.29. The van der Waals surface area contributed by atoms with Gasteiger partial charge < -0.3 is 9.72 Å². The summed E-state index contributed by atoms with van der Waals surface area (Å²) in [5.74, 6) is -0.681. The molecule has 1 aromatic heterocycles. The molecule has 0 amide bonds. The van der Waals surface area contributed by atoms with Gasteiger partial charge in [-0.1, -0.05) is 0 Å². The average Bonchev–Trinajstić information content (AvgIpc) is 2.28. The number of aromatic amines is 1. The van der Waals surface area contributed by atoms with Gasteiger partial charge in [0.15, 0.2) is 0 Å². The second kappa shape index (κ2) is 5.91. The van der Waals surface area contributed by atoms with Crippen LogP contribution in [0.4, 0.5) is 8.78 Å². The van der Waals surface area contributed by atoms with Crippen LogP contribution in [0.15, 0.2) is 10.9 Å². The van der Waals surface area contributed by atoms with E-state index in [-0.39, 0.29) is 18.6 Å². The van der Waals surface area contributed by atoms with E-state index in [1.165, 1.54) is 0 Å². The number of nitrogens with zero attached hydrogens (tertiary/aromatic N) is 1. The van der Waals surface area contributed by atoms with Crippen molar-refractivity contribution in [3.63, 3.8) is 0 Å². The minimum Gasteiger partial charge on any atom is -0.466 e. The fourth-order valence-electron chi connectivity index (χ4n) is 1.44. The molecule has 0 spiro atoms. The van der Waals surface area contributed by atoms with Crippen LogP contribution >= 0.6 is 0 Å². The van der Waals surface area contributed by atoms with Crippen molar-refractivity contribution in [2.45, 2.75) is 19.8 Å². The smallest absolute Gasteiger partial charge is 0.310 e. The third-order valence-electron chi connectivity index (χ3n) is 2.12. The van der Waals surface area contributed by atoms with E-state index in [1.54, 1.807) is 13.0 Å². The Morgan fingerprint density at radius 3 is 2.78 bits per heavy atom. The van der Waals surface area contributed by atoms with Gasteiger partial charge in [-0.15, -0.1) is 0 Å². The Kier molecular flexibility index (Phi) is 4.54. The average molecular weight is 256 g/mol. The number of halogens is 2. The molecule has 0 saturated carbocycles. The van der Waals surface area contributed by atoms with Crippen LogP contribution in [0.2, 0.25) is 0 Å². The number of hydrogen-bond acceptors (Lipinski definition) is 4. The second-order valence-electron chi connectivity index (χ2n) is 3.34. The Bertz CT molecular complexity index is 546. The molecule has 0 bridgehead atoms. The molecule has 0 atom stereocenters. The lowest BCUT2D eigenvalue weighted by Gasteiger charge is -2.07. The molecule has 1 aromatic rings. The Morgan fingerprint density at radius 2 is 2.28 bits per heavy atom. The maximum atomic E-state index is 12.6. The number of aromatic nitrogens is 1. The number of alkyl halides is 2. The van der Waals surface area contributed by atoms with Gasteiger partial charge in [0, 0.05) is 6.07 Å². The molecule has 0 unspecified atom stereocenters. The molecule has 1 heterocycles. The molecule has 1 N–H and O–H groups in total. The lowest BCUT2D eigenvalue weighted by Crippen LogP contribution is -2.16. The molecule has 0 aliphatic heterocycles. The summed E-state index contributed by atoms with van der Waals surface area (Å²) in [6, 6.07) is 2.51. The van der Waals surface area contributed by atoms with Crippen LogP contribution in [-0.2, 0) is 16.0 Å². The van der Waals surface area contributed by atoms with Crippen LogP contribution in [0.5, 0.6) is 0 Å². The zero-order chi connectivity index (χ0) is 13.7. The van der Waals surface area contributed by atoms with Gasteiger partial charge in [-0.25, -0.2) is 8.78 Å². The number of hydrogen-bond donors (Lipinski definition) is 1. The van der Waals surface area contributed by atoms with Crippen LogP contribution in [0.25, 0.3) is 0 Å². The van der Waals surface area contributed by atoms with Crippen LogP contribution in [-0.4, -0.2) is 17.6 Å². The van der Waals surface area contributed by atoms with Gasteiger partial charge in [0.05, 0.1) is 18.6 Å². The summed E-state index contributed by atoms with van der Waals surface area (Å²) >= 11 is 0. The maximum Gasteiger partial charge on any atom is 0.310 e. The highest BCUT2D eigenvalue weighted by molar-refractivity contribution is 5.73. The number of carbonyl (C=O) groups is 1. The van der Waals surface area contributed by atoms with Crippen molar-refractivity contribution in [3.05, 3.63) is 33.2 Å². The van der Waals surface area contributed by atoms with Crippen molar-refractivity contribution in [1.29, 1.82) is 5.26 Å². The number of H-pyrrole nitrogens is 1. The third-order valence-corrected chi connectivity index (χ3v) is 2.12. The standard InChI is InChI=1S/C11H10F2N2O3/c1-2-18-9(17)4-6-3-8(16)15-10(11(12)13)7(6)5-14/h3,11H,2,4H2,1H3,(H,15,16). The van der Waals surface area contributed by atoms with Gasteiger partial charge >= 0.3 is 5.97 Å². The zero-order valence-corrected chi connectivity index (χ0v) is 9.50. The lowest BCUT2D eigenvalue weighted by atomic mass is 10.0.